The predicted octanol–water partition coefficient (Wildman–Crippen LogP) is 5.40. The Morgan fingerprint density at radius 3 is 2.15 bits per heavy atom. The summed E-state index contributed by atoms with van der Waals surface area (Å²) < 4.78 is 29.5. The number of nitrogens with zero attached hydrogens (tertiary/aromatic N) is 1. The van der Waals surface area contributed by atoms with E-state index in [2.05, 4.69) is 15.6 Å². The zero-order valence-corrected chi connectivity index (χ0v) is 18.3. The zero-order valence-electron chi connectivity index (χ0n) is 18.3. The number of benzene rings is 3. The van der Waals surface area contributed by atoms with E-state index in [0.29, 0.717) is 45.5 Å². The third kappa shape index (κ3) is 4.64. The summed E-state index contributed by atoms with van der Waals surface area (Å²) in [6, 6.07) is 18.2. The van der Waals surface area contributed by atoms with E-state index in [1.165, 1.54) is 45.6 Å². The van der Waals surface area contributed by atoms with Crippen molar-refractivity contribution in [2.24, 2.45) is 0 Å². The number of para-hydroxylation sites is 1. The van der Waals surface area contributed by atoms with Crippen molar-refractivity contribution in [1.82, 2.24) is 4.98 Å². The second kappa shape index (κ2) is 9.44. The summed E-state index contributed by atoms with van der Waals surface area (Å²) in [4.78, 5) is 17.8. The minimum Gasteiger partial charge on any atom is -0.493 e. The normalized spacial score (nSPS) is 10.5. The third-order valence-corrected chi connectivity index (χ3v) is 5.00. The summed E-state index contributed by atoms with van der Waals surface area (Å²) in [5, 5.41) is 6.78. The molecule has 0 aliphatic heterocycles. The van der Waals surface area contributed by atoms with Crippen molar-refractivity contribution in [1.29, 1.82) is 0 Å². The van der Waals surface area contributed by atoms with E-state index in [-0.39, 0.29) is 5.82 Å². The Balaban J connectivity index is 1.76. The standard InChI is InChI=1S/C25H22FN3O4/c1-31-21-13-18(14-22(32-2)23(21)33-3)27-24-19(12-15-6-4-5-7-20(15)29-24)25(30)28-17-10-8-16(26)9-11-17/h4-14H,1-3H3,(H,27,29)(H,28,30). The predicted molar refractivity (Wildman–Crippen MR) is 125 cm³/mol. The Hall–Kier alpha value is -4.33. The highest BCUT2D eigenvalue weighted by Gasteiger charge is 2.18. The molecule has 0 fully saturated rings. The van der Waals surface area contributed by atoms with Crippen LogP contribution >= 0.6 is 0 Å². The first kappa shape index (κ1) is 21.9. The lowest BCUT2D eigenvalue weighted by Crippen LogP contribution is -2.15. The number of carbonyl (C=O) groups excluding carboxylic acids is 1. The van der Waals surface area contributed by atoms with Gasteiger partial charge in [0.25, 0.3) is 5.91 Å². The van der Waals surface area contributed by atoms with Gasteiger partial charge in [0.05, 0.1) is 32.4 Å². The zero-order chi connectivity index (χ0) is 23.4. The molecule has 4 rings (SSSR count). The van der Waals surface area contributed by atoms with Crippen LogP contribution in [-0.4, -0.2) is 32.2 Å². The highest BCUT2D eigenvalue weighted by atomic mass is 19.1. The molecule has 3 aromatic carbocycles. The number of carbonyl (C=O) groups is 1. The molecule has 0 radical (unpaired) electrons. The Morgan fingerprint density at radius 1 is 0.848 bits per heavy atom. The molecule has 0 aliphatic carbocycles. The van der Waals surface area contributed by atoms with Gasteiger partial charge in [0, 0.05) is 28.9 Å². The van der Waals surface area contributed by atoms with Gasteiger partial charge in [-0.05, 0) is 36.4 Å². The maximum atomic E-state index is 13.2. The van der Waals surface area contributed by atoms with Gasteiger partial charge in [-0.3, -0.25) is 4.79 Å². The molecule has 33 heavy (non-hydrogen) atoms. The second-order valence-corrected chi connectivity index (χ2v) is 7.08. The molecule has 7 nitrogen and oxygen atoms in total. The lowest BCUT2D eigenvalue weighted by atomic mass is 10.1. The number of halogens is 1. The van der Waals surface area contributed by atoms with Crippen LogP contribution in [0.2, 0.25) is 0 Å². The molecule has 2 N–H and O–H groups in total. The average molecular weight is 447 g/mol. The van der Waals surface area contributed by atoms with Crippen LogP contribution in [0.15, 0.2) is 66.7 Å². The number of methoxy groups -OCH3 is 3. The topological polar surface area (TPSA) is 81.7 Å². The van der Waals surface area contributed by atoms with E-state index in [0.717, 1.165) is 5.39 Å². The smallest absolute Gasteiger partial charge is 0.259 e. The van der Waals surface area contributed by atoms with Crippen LogP contribution in [0, 0.1) is 5.82 Å². The minimum absolute atomic E-state index is 0.312. The Morgan fingerprint density at radius 2 is 1.52 bits per heavy atom. The summed E-state index contributed by atoms with van der Waals surface area (Å²) in [6.07, 6.45) is 0. The van der Waals surface area contributed by atoms with Gasteiger partial charge in [-0.2, -0.15) is 0 Å². The average Bonchev–Trinajstić information content (AvgIpc) is 2.84. The van der Waals surface area contributed by atoms with Crippen LogP contribution in [-0.2, 0) is 0 Å². The quantitative estimate of drug-likeness (QED) is 0.395. The molecule has 4 aromatic rings. The van der Waals surface area contributed by atoms with Crippen molar-refractivity contribution in [3.8, 4) is 17.2 Å². The first-order chi connectivity index (χ1) is 16.0. The summed E-state index contributed by atoms with van der Waals surface area (Å²) in [7, 11) is 4.57. The molecule has 168 valence electrons. The van der Waals surface area contributed by atoms with Gasteiger partial charge in [-0.1, -0.05) is 18.2 Å². The van der Waals surface area contributed by atoms with Crippen LogP contribution in [0.1, 0.15) is 10.4 Å². The van der Waals surface area contributed by atoms with Gasteiger partial charge in [0.1, 0.15) is 11.6 Å². The van der Waals surface area contributed by atoms with Crippen LogP contribution in [0.3, 0.4) is 0 Å². The van der Waals surface area contributed by atoms with Gasteiger partial charge in [-0.25, -0.2) is 9.37 Å². The second-order valence-electron chi connectivity index (χ2n) is 7.08. The molecule has 0 saturated carbocycles. The molecular weight excluding hydrogens is 425 g/mol. The first-order valence-corrected chi connectivity index (χ1v) is 10.1. The fraction of sp³-hybridized carbons (Fsp3) is 0.120. The maximum Gasteiger partial charge on any atom is 0.259 e. The molecule has 0 aliphatic rings. The molecule has 0 bridgehead atoms. The van der Waals surface area contributed by atoms with Crippen molar-refractivity contribution in [3.63, 3.8) is 0 Å². The monoisotopic (exact) mass is 447 g/mol. The van der Waals surface area contributed by atoms with Crippen LogP contribution in [0.25, 0.3) is 10.9 Å². The first-order valence-electron chi connectivity index (χ1n) is 10.1. The molecule has 1 amide bonds. The lowest BCUT2D eigenvalue weighted by molar-refractivity contribution is 0.102. The highest BCUT2D eigenvalue weighted by molar-refractivity contribution is 6.09. The van der Waals surface area contributed by atoms with Crippen molar-refractivity contribution < 1.29 is 23.4 Å². The van der Waals surface area contributed by atoms with Crippen molar-refractivity contribution in [3.05, 3.63) is 78.1 Å². The van der Waals surface area contributed by atoms with Crippen LogP contribution in [0.4, 0.5) is 21.6 Å². The fourth-order valence-electron chi connectivity index (χ4n) is 3.41. The summed E-state index contributed by atoms with van der Waals surface area (Å²) >= 11 is 0. The number of fused-ring (bicyclic) bond motifs is 1. The van der Waals surface area contributed by atoms with Crippen molar-refractivity contribution >= 4 is 34.0 Å². The van der Waals surface area contributed by atoms with Crippen molar-refractivity contribution in [2.75, 3.05) is 32.0 Å². The summed E-state index contributed by atoms with van der Waals surface area (Å²) in [6.45, 7) is 0. The maximum absolute atomic E-state index is 13.2. The largest absolute Gasteiger partial charge is 0.493 e. The van der Waals surface area contributed by atoms with Crippen molar-refractivity contribution in [2.45, 2.75) is 0 Å². The number of ether oxygens (including phenoxy) is 3. The molecule has 0 unspecified atom stereocenters. The number of pyridine rings is 1. The van der Waals surface area contributed by atoms with E-state index < -0.39 is 5.91 Å². The van der Waals surface area contributed by atoms with Gasteiger partial charge in [0.2, 0.25) is 5.75 Å². The van der Waals surface area contributed by atoms with Gasteiger partial charge >= 0.3 is 0 Å². The van der Waals surface area contributed by atoms with E-state index in [4.69, 9.17) is 14.2 Å². The number of hydrogen-bond acceptors (Lipinski definition) is 6. The highest BCUT2D eigenvalue weighted by Crippen LogP contribution is 2.41. The van der Waals surface area contributed by atoms with E-state index in [1.807, 2.05) is 24.3 Å². The number of amides is 1. The molecule has 0 saturated heterocycles. The molecular formula is C25H22FN3O4. The Labute approximate surface area is 190 Å². The van der Waals surface area contributed by atoms with Gasteiger partial charge in [-0.15, -0.1) is 0 Å². The molecule has 1 heterocycles. The van der Waals surface area contributed by atoms with Crippen LogP contribution in [0.5, 0.6) is 17.2 Å². The van der Waals surface area contributed by atoms with Gasteiger partial charge in [0.15, 0.2) is 11.5 Å². The SMILES string of the molecule is COc1cc(Nc2nc3ccccc3cc2C(=O)Nc2ccc(F)cc2)cc(OC)c1OC. The minimum atomic E-state index is -0.394. The summed E-state index contributed by atoms with van der Waals surface area (Å²) in [5.74, 6) is 0.920. The number of hydrogen-bond donors (Lipinski definition) is 2. The fourth-order valence-corrected chi connectivity index (χ4v) is 3.41. The number of anilines is 3. The summed E-state index contributed by atoms with van der Waals surface area (Å²) in [5.41, 5.74) is 2.08. The van der Waals surface area contributed by atoms with E-state index >= 15 is 0 Å². The molecule has 8 heteroatoms. The number of nitrogens with one attached hydrogen (secondary N) is 2. The van der Waals surface area contributed by atoms with E-state index in [1.54, 1.807) is 18.2 Å². The van der Waals surface area contributed by atoms with E-state index in [9.17, 15) is 9.18 Å². The number of rotatable bonds is 7. The Bertz CT molecular complexity index is 1280. The Kier molecular flexibility index (Phi) is 6.26. The molecule has 0 atom stereocenters. The lowest BCUT2D eigenvalue weighted by Gasteiger charge is -2.16. The molecule has 1 aromatic heterocycles. The third-order valence-electron chi connectivity index (χ3n) is 5.00. The van der Waals surface area contributed by atoms with Crippen LogP contribution < -0.4 is 24.8 Å². The molecule has 0 spiro atoms. The number of aromatic nitrogens is 1. The van der Waals surface area contributed by atoms with Gasteiger partial charge < -0.3 is 24.8 Å².